The molecule has 2 aromatic heterocycles. The molecule has 35 heavy (non-hydrogen) atoms. The third-order valence-electron chi connectivity index (χ3n) is 8.04. The van der Waals surface area contributed by atoms with Crippen molar-refractivity contribution in [1.29, 1.82) is 0 Å². The molecule has 3 fully saturated rings. The van der Waals surface area contributed by atoms with Gasteiger partial charge in [-0.3, -0.25) is 9.69 Å². The van der Waals surface area contributed by atoms with E-state index in [4.69, 9.17) is 20.4 Å². The maximum absolute atomic E-state index is 13.1. The van der Waals surface area contributed by atoms with Gasteiger partial charge in [-0.15, -0.1) is 0 Å². The number of hydrogen-bond donors (Lipinski definition) is 1. The van der Waals surface area contributed by atoms with Gasteiger partial charge in [0.2, 0.25) is 17.8 Å². The van der Waals surface area contributed by atoms with E-state index in [0.29, 0.717) is 25.7 Å². The van der Waals surface area contributed by atoms with Crippen LogP contribution < -0.4 is 15.5 Å². The van der Waals surface area contributed by atoms with Crippen molar-refractivity contribution in [3.8, 4) is 11.3 Å². The Labute approximate surface area is 205 Å². The number of nitrogens with zero attached hydrogens (tertiary/aromatic N) is 8. The number of likely N-dealkylation sites (N-methyl/N-ethyl adjacent to an activating group) is 1. The van der Waals surface area contributed by atoms with Gasteiger partial charge >= 0.3 is 0 Å². The molecule has 0 saturated carbocycles. The fourth-order valence-electron chi connectivity index (χ4n) is 5.77. The second-order valence-corrected chi connectivity index (χ2v) is 10.3. The summed E-state index contributed by atoms with van der Waals surface area (Å²) in [6, 6.07) is 0.0376. The number of rotatable bonds is 4. The summed E-state index contributed by atoms with van der Waals surface area (Å²) in [6.45, 7) is 8.45. The molecule has 2 atom stereocenters. The topological polar surface area (TPSA) is 117 Å². The normalized spacial score (nSPS) is 26.7. The van der Waals surface area contributed by atoms with E-state index >= 15 is 0 Å². The predicted molar refractivity (Wildman–Crippen MR) is 132 cm³/mol. The monoisotopic (exact) mass is 479 g/mol. The lowest BCUT2D eigenvalue weighted by molar-refractivity contribution is -0.139. The Bertz CT molecular complexity index is 1120. The molecule has 4 aliphatic heterocycles. The number of hydrogen-bond acceptors (Lipinski definition) is 10. The zero-order valence-corrected chi connectivity index (χ0v) is 20.5. The number of nitrogens with two attached hydrogens (primary N) is 1. The molecule has 0 radical (unpaired) electrons. The van der Waals surface area contributed by atoms with Gasteiger partial charge in [0, 0.05) is 62.8 Å². The molecule has 11 nitrogen and oxygen atoms in total. The molecule has 3 saturated heterocycles. The molecule has 0 unspecified atom stereocenters. The predicted octanol–water partition coefficient (Wildman–Crippen LogP) is 0.410. The minimum absolute atomic E-state index is 0.0376. The summed E-state index contributed by atoms with van der Waals surface area (Å²) in [5, 5.41) is 0. The molecule has 0 spiro atoms. The van der Waals surface area contributed by atoms with Gasteiger partial charge in [-0.05, 0) is 33.2 Å². The first-order chi connectivity index (χ1) is 16.9. The molecule has 4 aliphatic rings. The van der Waals surface area contributed by atoms with Gasteiger partial charge in [0.15, 0.2) is 0 Å². The van der Waals surface area contributed by atoms with Gasteiger partial charge in [0.1, 0.15) is 5.82 Å². The quantitative estimate of drug-likeness (QED) is 0.661. The SMILES string of the molecule is CN1CC[C@@H]1C(=O)N1CC[C@](C)(N2CCc3c(-c4cnc(N)nc4)nc(N4CCOCC4)nc32)C1. The van der Waals surface area contributed by atoms with Gasteiger partial charge in [-0.25, -0.2) is 15.0 Å². The van der Waals surface area contributed by atoms with Crippen LogP contribution in [0.3, 0.4) is 0 Å². The Morgan fingerprint density at radius 2 is 1.89 bits per heavy atom. The molecule has 186 valence electrons. The number of carbonyl (C=O) groups is 1. The summed E-state index contributed by atoms with van der Waals surface area (Å²) in [4.78, 5) is 40.4. The van der Waals surface area contributed by atoms with Gasteiger partial charge in [0.25, 0.3) is 0 Å². The minimum Gasteiger partial charge on any atom is -0.378 e. The third kappa shape index (κ3) is 3.86. The first-order valence-electron chi connectivity index (χ1n) is 12.5. The molecule has 0 aliphatic carbocycles. The van der Waals surface area contributed by atoms with Crippen molar-refractivity contribution in [3.63, 3.8) is 0 Å². The average molecular weight is 480 g/mol. The van der Waals surface area contributed by atoms with Gasteiger partial charge in [-0.2, -0.15) is 4.98 Å². The van der Waals surface area contributed by atoms with E-state index in [2.05, 4.69) is 36.5 Å². The van der Waals surface area contributed by atoms with E-state index in [9.17, 15) is 4.79 Å². The van der Waals surface area contributed by atoms with E-state index in [0.717, 1.165) is 74.6 Å². The molecule has 2 N–H and O–H groups in total. The number of nitrogen functional groups attached to an aromatic ring is 1. The van der Waals surface area contributed by atoms with Crippen LogP contribution in [0.1, 0.15) is 25.3 Å². The minimum atomic E-state index is -0.172. The van der Waals surface area contributed by atoms with Crippen molar-refractivity contribution in [1.82, 2.24) is 29.7 Å². The fourth-order valence-corrected chi connectivity index (χ4v) is 5.77. The Kier molecular flexibility index (Phi) is 5.48. The van der Waals surface area contributed by atoms with Gasteiger partial charge < -0.3 is 25.2 Å². The highest BCUT2D eigenvalue weighted by atomic mass is 16.5. The summed E-state index contributed by atoms with van der Waals surface area (Å²) in [5.41, 5.74) is 8.40. The maximum atomic E-state index is 13.1. The lowest BCUT2D eigenvalue weighted by atomic mass is 9.99. The largest absolute Gasteiger partial charge is 0.378 e. The summed E-state index contributed by atoms with van der Waals surface area (Å²) < 4.78 is 5.55. The number of aromatic nitrogens is 4. The van der Waals surface area contributed by atoms with Crippen molar-refractivity contribution < 1.29 is 9.53 Å². The van der Waals surface area contributed by atoms with Crippen LogP contribution in [0.5, 0.6) is 0 Å². The van der Waals surface area contributed by atoms with Crippen LogP contribution in [0, 0.1) is 0 Å². The van der Waals surface area contributed by atoms with Crippen LogP contribution in [-0.2, 0) is 16.0 Å². The second-order valence-electron chi connectivity index (χ2n) is 10.3. The number of fused-ring (bicyclic) bond motifs is 1. The smallest absolute Gasteiger partial charge is 0.240 e. The lowest BCUT2D eigenvalue weighted by Gasteiger charge is -2.40. The van der Waals surface area contributed by atoms with E-state index in [-0.39, 0.29) is 23.4 Å². The van der Waals surface area contributed by atoms with Gasteiger partial charge in [-0.1, -0.05) is 0 Å². The van der Waals surface area contributed by atoms with Crippen LogP contribution in [0.2, 0.25) is 0 Å². The summed E-state index contributed by atoms with van der Waals surface area (Å²) in [7, 11) is 2.03. The molecular formula is C24H33N9O2. The number of anilines is 3. The Hall–Kier alpha value is -3.05. The molecule has 11 heteroatoms. The Balaban J connectivity index is 1.34. The third-order valence-corrected chi connectivity index (χ3v) is 8.04. The summed E-state index contributed by atoms with van der Waals surface area (Å²) in [5.74, 6) is 2.18. The summed E-state index contributed by atoms with van der Waals surface area (Å²) >= 11 is 0. The van der Waals surface area contributed by atoms with E-state index in [1.807, 2.05) is 7.05 Å². The second kappa shape index (κ2) is 8.56. The molecule has 1 amide bonds. The number of carbonyl (C=O) groups excluding carboxylic acids is 1. The average Bonchev–Trinajstić information content (AvgIpc) is 3.48. The van der Waals surface area contributed by atoms with Crippen LogP contribution in [0.4, 0.5) is 17.7 Å². The van der Waals surface area contributed by atoms with Crippen LogP contribution >= 0.6 is 0 Å². The van der Waals surface area contributed by atoms with Crippen molar-refractivity contribution >= 4 is 23.6 Å². The molecular weight excluding hydrogens is 446 g/mol. The molecule has 6 rings (SSSR count). The van der Waals surface area contributed by atoms with E-state index in [1.54, 1.807) is 12.4 Å². The first-order valence-corrected chi connectivity index (χ1v) is 12.5. The van der Waals surface area contributed by atoms with Crippen LogP contribution in [0.15, 0.2) is 12.4 Å². The highest BCUT2D eigenvalue weighted by molar-refractivity contribution is 5.83. The molecule has 2 aromatic rings. The standard InChI is InChI=1S/C24H33N9O2/c1-24(5-8-32(15-24)21(34)18-4-6-30(18)2)33-7-3-17-19(16-13-26-22(25)27-14-16)28-23(29-20(17)33)31-9-11-35-12-10-31/h13-14,18H,3-12,15H2,1-2H3,(H2,25,26,27)/t18-,24+/m1/s1. The Morgan fingerprint density at radius 3 is 2.57 bits per heavy atom. The number of likely N-dealkylation sites (tertiary alicyclic amines) is 2. The number of amides is 1. The fraction of sp³-hybridized carbons (Fsp3) is 0.625. The zero-order chi connectivity index (χ0) is 24.2. The van der Waals surface area contributed by atoms with Gasteiger partial charge in [0.05, 0.1) is 30.5 Å². The zero-order valence-electron chi connectivity index (χ0n) is 20.5. The van der Waals surface area contributed by atoms with Crippen LogP contribution in [-0.4, -0.2) is 107 Å². The molecule has 0 bridgehead atoms. The maximum Gasteiger partial charge on any atom is 0.240 e. The van der Waals surface area contributed by atoms with E-state index < -0.39 is 0 Å². The Morgan fingerprint density at radius 1 is 1.11 bits per heavy atom. The lowest BCUT2D eigenvalue weighted by Crippen LogP contribution is -2.56. The van der Waals surface area contributed by atoms with Crippen molar-refractivity contribution in [3.05, 3.63) is 18.0 Å². The van der Waals surface area contributed by atoms with E-state index in [1.165, 1.54) is 0 Å². The molecule has 0 aromatic carbocycles. The highest BCUT2D eigenvalue weighted by Crippen LogP contribution is 2.41. The van der Waals surface area contributed by atoms with Crippen LogP contribution in [0.25, 0.3) is 11.3 Å². The van der Waals surface area contributed by atoms with Crippen molar-refractivity contribution in [2.75, 3.05) is 75.1 Å². The number of ether oxygens (including phenoxy) is 1. The molecule has 6 heterocycles. The van der Waals surface area contributed by atoms with Crippen molar-refractivity contribution in [2.45, 2.75) is 37.8 Å². The first kappa shape index (κ1) is 22.4. The van der Waals surface area contributed by atoms with Crippen molar-refractivity contribution in [2.24, 2.45) is 0 Å². The highest BCUT2D eigenvalue weighted by Gasteiger charge is 2.46. The number of morpholine rings is 1. The summed E-state index contributed by atoms with van der Waals surface area (Å²) in [6.07, 6.45) is 6.20.